The van der Waals surface area contributed by atoms with Crippen LogP contribution < -0.4 is 0 Å². The van der Waals surface area contributed by atoms with Gasteiger partial charge in [0.15, 0.2) is 0 Å². The molecular formula is C13H25Cl. The summed E-state index contributed by atoms with van der Waals surface area (Å²) in [6.45, 7) is 6.93. The van der Waals surface area contributed by atoms with Crippen molar-refractivity contribution >= 4 is 11.6 Å². The van der Waals surface area contributed by atoms with Gasteiger partial charge in [-0.1, -0.05) is 40.0 Å². The fourth-order valence-corrected chi connectivity index (χ4v) is 2.79. The van der Waals surface area contributed by atoms with E-state index < -0.39 is 0 Å². The maximum Gasteiger partial charge on any atom is 0.0364 e. The van der Waals surface area contributed by atoms with Crippen molar-refractivity contribution in [1.82, 2.24) is 0 Å². The van der Waals surface area contributed by atoms with Crippen molar-refractivity contribution < 1.29 is 0 Å². The Morgan fingerprint density at radius 3 is 2.29 bits per heavy atom. The molecular weight excluding hydrogens is 192 g/mol. The zero-order valence-electron chi connectivity index (χ0n) is 9.98. The van der Waals surface area contributed by atoms with Crippen LogP contribution in [0.25, 0.3) is 0 Å². The Morgan fingerprint density at radius 2 is 1.79 bits per heavy atom. The van der Waals surface area contributed by atoms with E-state index in [1.807, 2.05) is 0 Å². The first-order valence-corrected chi connectivity index (χ1v) is 6.57. The minimum atomic E-state index is 0.458. The van der Waals surface area contributed by atoms with Gasteiger partial charge in [-0.15, -0.1) is 11.6 Å². The Kier molecular flexibility index (Phi) is 4.76. The van der Waals surface area contributed by atoms with E-state index in [0.29, 0.717) is 10.8 Å². The lowest BCUT2D eigenvalue weighted by Crippen LogP contribution is -2.13. The van der Waals surface area contributed by atoms with Gasteiger partial charge in [0, 0.05) is 5.38 Å². The molecule has 0 spiro atoms. The van der Waals surface area contributed by atoms with Gasteiger partial charge in [0.05, 0.1) is 0 Å². The lowest BCUT2D eigenvalue weighted by atomic mass is 9.88. The molecule has 1 aliphatic carbocycles. The summed E-state index contributed by atoms with van der Waals surface area (Å²) in [7, 11) is 0. The van der Waals surface area contributed by atoms with E-state index in [2.05, 4.69) is 20.8 Å². The zero-order valence-corrected chi connectivity index (χ0v) is 10.7. The highest BCUT2D eigenvalue weighted by atomic mass is 35.5. The normalized spacial score (nSPS) is 21.4. The summed E-state index contributed by atoms with van der Waals surface area (Å²) in [6.07, 6.45) is 9.41. The molecule has 0 aliphatic heterocycles. The molecule has 0 N–H and O–H groups in total. The second-order valence-corrected chi connectivity index (χ2v) is 6.57. The second-order valence-electron chi connectivity index (χ2n) is 6.01. The smallest absolute Gasteiger partial charge is 0.0364 e. The van der Waals surface area contributed by atoms with E-state index in [4.69, 9.17) is 11.6 Å². The number of hydrogen-bond donors (Lipinski definition) is 0. The van der Waals surface area contributed by atoms with E-state index in [1.54, 1.807) is 0 Å². The molecule has 0 saturated heterocycles. The Balaban J connectivity index is 2.11. The molecule has 1 aliphatic rings. The minimum absolute atomic E-state index is 0.458. The van der Waals surface area contributed by atoms with Crippen LogP contribution in [0.3, 0.4) is 0 Å². The molecule has 1 atom stereocenters. The van der Waals surface area contributed by atoms with Crippen LogP contribution in [-0.4, -0.2) is 5.38 Å². The van der Waals surface area contributed by atoms with Crippen LogP contribution in [0.15, 0.2) is 0 Å². The van der Waals surface area contributed by atoms with Crippen LogP contribution in [0.4, 0.5) is 0 Å². The predicted octanol–water partition coefficient (Wildman–Crippen LogP) is 5.00. The molecule has 0 aromatic rings. The summed E-state index contributed by atoms with van der Waals surface area (Å²) in [5.74, 6) is 0.830. The SMILES string of the molecule is CC(C)(C)CCCC(Cl)C1CCCC1. The quantitative estimate of drug-likeness (QED) is 0.581. The average molecular weight is 217 g/mol. The molecule has 0 amide bonds. The third-order valence-corrected chi connectivity index (χ3v) is 3.89. The second kappa shape index (κ2) is 5.39. The molecule has 0 bridgehead atoms. The molecule has 0 radical (unpaired) electrons. The molecule has 14 heavy (non-hydrogen) atoms. The van der Waals surface area contributed by atoms with Gasteiger partial charge in [-0.3, -0.25) is 0 Å². The summed E-state index contributed by atoms with van der Waals surface area (Å²) in [5, 5.41) is 0.458. The van der Waals surface area contributed by atoms with Crippen molar-refractivity contribution in [3.63, 3.8) is 0 Å². The van der Waals surface area contributed by atoms with Gasteiger partial charge >= 0.3 is 0 Å². The Hall–Kier alpha value is 0.290. The van der Waals surface area contributed by atoms with E-state index >= 15 is 0 Å². The highest BCUT2D eigenvalue weighted by Crippen LogP contribution is 2.33. The van der Waals surface area contributed by atoms with Crippen molar-refractivity contribution in [2.24, 2.45) is 11.3 Å². The Labute approximate surface area is 94.4 Å². The van der Waals surface area contributed by atoms with Crippen LogP contribution in [0.1, 0.15) is 65.7 Å². The highest BCUT2D eigenvalue weighted by molar-refractivity contribution is 6.20. The largest absolute Gasteiger partial charge is 0.123 e. The summed E-state index contributed by atoms with van der Waals surface area (Å²) in [5.41, 5.74) is 0.478. The van der Waals surface area contributed by atoms with Crippen LogP contribution in [-0.2, 0) is 0 Å². The molecule has 0 heterocycles. The van der Waals surface area contributed by atoms with E-state index in [0.717, 1.165) is 5.92 Å². The van der Waals surface area contributed by atoms with E-state index in [-0.39, 0.29) is 0 Å². The minimum Gasteiger partial charge on any atom is -0.123 e. The van der Waals surface area contributed by atoms with Gasteiger partial charge in [0.25, 0.3) is 0 Å². The van der Waals surface area contributed by atoms with Crippen molar-refractivity contribution in [2.45, 2.75) is 71.1 Å². The summed E-state index contributed by atoms with van der Waals surface area (Å²) in [4.78, 5) is 0. The number of alkyl halides is 1. The molecule has 1 heteroatoms. The number of rotatable bonds is 4. The van der Waals surface area contributed by atoms with Gasteiger partial charge in [0.1, 0.15) is 0 Å². The van der Waals surface area contributed by atoms with E-state index in [1.165, 1.54) is 44.9 Å². The number of halogens is 1. The highest BCUT2D eigenvalue weighted by Gasteiger charge is 2.23. The number of hydrogen-bond acceptors (Lipinski definition) is 0. The maximum atomic E-state index is 6.42. The third-order valence-electron chi connectivity index (χ3n) is 3.32. The van der Waals surface area contributed by atoms with Crippen molar-refractivity contribution in [1.29, 1.82) is 0 Å². The monoisotopic (exact) mass is 216 g/mol. The fourth-order valence-electron chi connectivity index (χ4n) is 2.38. The summed E-state index contributed by atoms with van der Waals surface area (Å²) >= 11 is 6.42. The topological polar surface area (TPSA) is 0 Å². The standard InChI is InChI=1S/C13H25Cl/c1-13(2,3)10-6-9-12(14)11-7-4-5-8-11/h11-12H,4-10H2,1-3H3. The zero-order chi connectivity index (χ0) is 10.6. The lowest BCUT2D eigenvalue weighted by molar-refractivity contribution is 0.349. The summed E-state index contributed by atoms with van der Waals surface area (Å²) < 4.78 is 0. The molecule has 1 rings (SSSR count). The van der Waals surface area contributed by atoms with Crippen molar-refractivity contribution in [2.75, 3.05) is 0 Å². The van der Waals surface area contributed by atoms with Gasteiger partial charge < -0.3 is 0 Å². The molecule has 0 aromatic heterocycles. The Bertz CT molecular complexity index is 151. The van der Waals surface area contributed by atoms with Crippen molar-refractivity contribution in [3.8, 4) is 0 Å². The van der Waals surface area contributed by atoms with Crippen LogP contribution >= 0.6 is 11.6 Å². The predicted molar refractivity (Wildman–Crippen MR) is 64.9 cm³/mol. The lowest BCUT2D eigenvalue weighted by Gasteiger charge is -2.21. The van der Waals surface area contributed by atoms with E-state index in [9.17, 15) is 0 Å². The van der Waals surface area contributed by atoms with Crippen LogP contribution in [0.5, 0.6) is 0 Å². The molecule has 1 saturated carbocycles. The first-order valence-electron chi connectivity index (χ1n) is 6.13. The molecule has 0 aromatic carbocycles. The fraction of sp³-hybridized carbons (Fsp3) is 1.00. The molecule has 1 unspecified atom stereocenters. The molecule has 1 fully saturated rings. The van der Waals surface area contributed by atoms with Gasteiger partial charge in [-0.2, -0.15) is 0 Å². The van der Waals surface area contributed by atoms with Crippen LogP contribution in [0, 0.1) is 11.3 Å². The van der Waals surface area contributed by atoms with Gasteiger partial charge in [-0.05, 0) is 37.0 Å². The molecule has 84 valence electrons. The Morgan fingerprint density at radius 1 is 1.21 bits per heavy atom. The van der Waals surface area contributed by atoms with Crippen LogP contribution in [0.2, 0.25) is 0 Å². The molecule has 0 nitrogen and oxygen atoms in total. The summed E-state index contributed by atoms with van der Waals surface area (Å²) in [6, 6.07) is 0. The average Bonchev–Trinajstić information content (AvgIpc) is 2.53. The van der Waals surface area contributed by atoms with Gasteiger partial charge in [-0.25, -0.2) is 0 Å². The van der Waals surface area contributed by atoms with Gasteiger partial charge in [0.2, 0.25) is 0 Å². The first-order chi connectivity index (χ1) is 6.49. The van der Waals surface area contributed by atoms with Crippen molar-refractivity contribution in [3.05, 3.63) is 0 Å². The maximum absolute atomic E-state index is 6.42. The third kappa shape index (κ3) is 4.68. The first kappa shape index (κ1) is 12.4.